The molecule has 1 fully saturated rings. The highest BCUT2D eigenvalue weighted by Gasteiger charge is 2.35. The number of fused-ring (bicyclic) bond motifs is 1. The van der Waals surface area contributed by atoms with Gasteiger partial charge < -0.3 is 14.6 Å². The Morgan fingerprint density at radius 3 is 2.81 bits per heavy atom. The lowest BCUT2D eigenvalue weighted by atomic mass is 10.1. The first-order valence-corrected chi connectivity index (χ1v) is 11.1. The number of aryl methyl sites for hydroxylation is 1. The van der Waals surface area contributed by atoms with E-state index in [2.05, 4.69) is 0 Å². The molecule has 1 unspecified atom stereocenters. The van der Waals surface area contributed by atoms with E-state index in [1.165, 1.54) is 11.8 Å². The molecule has 2 aliphatic heterocycles. The lowest BCUT2D eigenvalue weighted by Crippen LogP contribution is -2.32. The van der Waals surface area contributed by atoms with Crippen molar-refractivity contribution < 1.29 is 19.4 Å². The average molecular weight is 439 g/mol. The summed E-state index contributed by atoms with van der Waals surface area (Å²) in [6.45, 7) is 8.27. The van der Waals surface area contributed by atoms with E-state index in [1.54, 1.807) is 11.0 Å². The molecule has 6 nitrogen and oxygen atoms in total. The van der Waals surface area contributed by atoms with E-state index >= 15 is 0 Å². The number of amidine groups is 1. The summed E-state index contributed by atoms with van der Waals surface area (Å²) in [4.78, 5) is 20.4. The molecule has 0 aromatic heterocycles. The van der Waals surface area contributed by atoms with Crippen LogP contribution in [0.2, 0.25) is 0 Å². The molecule has 0 spiro atoms. The van der Waals surface area contributed by atoms with Gasteiger partial charge in [-0.2, -0.15) is 0 Å². The van der Waals surface area contributed by atoms with Crippen LogP contribution >= 0.6 is 11.8 Å². The normalized spacial score (nSPS) is 20.9. The molecule has 0 aliphatic carbocycles. The summed E-state index contributed by atoms with van der Waals surface area (Å²) in [5.41, 5.74) is 3.89. The van der Waals surface area contributed by atoms with Gasteiger partial charge in [-0.3, -0.25) is 14.7 Å². The van der Waals surface area contributed by atoms with Gasteiger partial charge in [0.05, 0.1) is 17.2 Å². The van der Waals surface area contributed by atoms with Crippen LogP contribution < -0.4 is 14.4 Å². The summed E-state index contributed by atoms with van der Waals surface area (Å²) in [5, 5.41) is 9.95. The summed E-state index contributed by atoms with van der Waals surface area (Å²) in [6, 6.07) is 11.6. The van der Waals surface area contributed by atoms with Gasteiger partial charge in [-0.15, -0.1) is 0 Å². The summed E-state index contributed by atoms with van der Waals surface area (Å²) in [6.07, 6.45) is 1.50. The van der Waals surface area contributed by atoms with Gasteiger partial charge in [0, 0.05) is 6.04 Å². The number of hydrogen-bond acceptors (Lipinski definition) is 6. The van der Waals surface area contributed by atoms with Crippen molar-refractivity contribution >= 4 is 34.6 Å². The minimum absolute atomic E-state index is 0.0658. The Kier molecular flexibility index (Phi) is 6.07. The van der Waals surface area contributed by atoms with E-state index in [4.69, 9.17) is 14.5 Å². The number of rotatable bonds is 4. The topological polar surface area (TPSA) is 71.4 Å². The molecule has 4 rings (SSSR count). The second-order valence-electron chi connectivity index (χ2n) is 7.92. The fourth-order valence-corrected chi connectivity index (χ4v) is 4.54. The molecule has 0 radical (unpaired) electrons. The van der Waals surface area contributed by atoms with Crippen LogP contribution in [-0.2, 0) is 4.79 Å². The largest absolute Gasteiger partial charge is 0.486 e. The van der Waals surface area contributed by atoms with Crippen LogP contribution in [0.4, 0.5) is 5.69 Å². The number of anilines is 1. The molecule has 31 heavy (non-hydrogen) atoms. The molecular formula is C24H26N2O4S. The highest BCUT2D eigenvalue weighted by Crippen LogP contribution is 2.39. The van der Waals surface area contributed by atoms with Crippen molar-refractivity contribution in [1.29, 1.82) is 0 Å². The Balaban J connectivity index is 1.69. The smallest absolute Gasteiger partial charge is 0.271 e. The molecule has 1 saturated heterocycles. The molecular weight excluding hydrogens is 412 g/mol. The monoisotopic (exact) mass is 438 g/mol. The van der Waals surface area contributed by atoms with Crippen molar-refractivity contribution in [3.63, 3.8) is 0 Å². The fraction of sp³-hybridized carbons (Fsp3) is 0.333. The molecule has 2 aromatic rings. The number of carbonyl (C=O) groups excluding carboxylic acids is 1. The second kappa shape index (κ2) is 8.77. The van der Waals surface area contributed by atoms with Crippen molar-refractivity contribution in [2.24, 2.45) is 4.99 Å². The number of aliphatic imine (C=N–C) groups is 1. The van der Waals surface area contributed by atoms with E-state index in [9.17, 15) is 9.90 Å². The summed E-state index contributed by atoms with van der Waals surface area (Å²) >= 11 is 1.38. The minimum Gasteiger partial charge on any atom is -0.486 e. The van der Waals surface area contributed by atoms with E-state index in [1.807, 2.05) is 64.1 Å². The van der Waals surface area contributed by atoms with Gasteiger partial charge in [-0.05, 0) is 80.4 Å². The van der Waals surface area contributed by atoms with E-state index in [0.717, 1.165) is 22.4 Å². The summed E-state index contributed by atoms with van der Waals surface area (Å²) in [7, 11) is 0. The third-order valence-corrected chi connectivity index (χ3v) is 6.16. The number of ether oxygens (including phenoxy) is 2. The third-order valence-electron chi connectivity index (χ3n) is 5.18. The van der Waals surface area contributed by atoms with Crippen LogP contribution in [-0.4, -0.2) is 41.5 Å². The number of nitrogens with zero attached hydrogens (tertiary/aromatic N) is 2. The number of benzene rings is 2. The van der Waals surface area contributed by atoms with Gasteiger partial charge in [0.15, 0.2) is 22.8 Å². The quantitative estimate of drug-likeness (QED) is 0.720. The number of aliphatic hydroxyl groups is 1. The first-order valence-electron chi connectivity index (χ1n) is 10.3. The van der Waals surface area contributed by atoms with Gasteiger partial charge in [0.2, 0.25) is 0 Å². The van der Waals surface area contributed by atoms with E-state index in [-0.39, 0.29) is 24.7 Å². The predicted molar refractivity (Wildman–Crippen MR) is 125 cm³/mol. The van der Waals surface area contributed by atoms with Gasteiger partial charge in [0.25, 0.3) is 5.91 Å². The molecule has 2 aliphatic rings. The highest BCUT2D eigenvalue weighted by molar-refractivity contribution is 8.19. The van der Waals surface area contributed by atoms with Gasteiger partial charge in [-0.25, -0.2) is 0 Å². The zero-order valence-electron chi connectivity index (χ0n) is 18.1. The van der Waals surface area contributed by atoms with Crippen LogP contribution in [0, 0.1) is 13.8 Å². The Morgan fingerprint density at radius 1 is 1.26 bits per heavy atom. The molecule has 1 amide bonds. The molecule has 2 aromatic carbocycles. The van der Waals surface area contributed by atoms with Gasteiger partial charge in [-0.1, -0.05) is 18.2 Å². The Hall–Kier alpha value is -2.77. The zero-order chi connectivity index (χ0) is 22.1. The minimum atomic E-state index is -0.357. The molecule has 0 bridgehead atoms. The van der Waals surface area contributed by atoms with Gasteiger partial charge in [0.1, 0.15) is 6.61 Å². The predicted octanol–water partition coefficient (Wildman–Crippen LogP) is 4.32. The van der Waals surface area contributed by atoms with E-state index in [0.29, 0.717) is 28.2 Å². The fourth-order valence-electron chi connectivity index (χ4n) is 3.43. The maximum absolute atomic E-state index is 13.4. The maximum Gasteiger partial charge on any atom is 0.271 e. The van der Waals surface area contributed by atoms with Gasteiger partial charge >= 0.3 is 0 Å². The Bertz CT molecular complexity index is 1080. The molecule has 0 saturated carbocycles. The van der Waals surface area contributed by atoms with Crippen molar-refractivity contribution in [2.75, 3.05) is 18.1 Å². The van der Waals surface area contributed by atoms with Crippen LogP contribution in [0.3, 0.4) is 0 Å². The molecule has 162 valence electrons. The van der Waals surface area contributed by atoms with Crippen molar-refractivity contribution in [3.05, 3.63) is 58.0 Å². The number of hydrogen-bond donors (Lipinski definition) is 1. The van der Waals surface area contributed by atoms with Crippen molar-refractivity contribution in [2.45, 2.75) is 39.8 Å². The standard InChI is InChI=1S/C24H26N2O4S/c1-14(2)25-24-26(19-7-5-6-15(3)16(19)4)23(28)22(31-24)11-17-8-9-20-21(10-17)29-13-18(12-27)30-20/h5-11,14,18,27H,12-13H2,1-4H3/b22-11-,25-24-. The number of amides is 1. The molecule has 7 heteroatoms. The Morgan fingerprint density at radius 2 is 2.06 bits per heavy atom. The lowest BCUT2D eigenvalue weighted by Gasteiger charge is -2.25. The van der Waals surface area contributed by atoms with Crippen LogP contribution in [0.1, 0.15) is 30.5 Å². The molecule has 1 atom stereocenters. The van der Waals surface area contributed by atoms with Crippen LogP contribution in [0.5, 0.6) is 11.5 Å². The number of aliphatic hydroxyl groups excluding tert-OH is 1. The summed E-state index contributed by atoms with van der Waals surface area (Å²) in [5.74, 6) is 1.11. The first kappa shape index (κ1) is 21.5. The van der Waals surface area contributed by atoms with E-state index < -0.39 is 0 Å². The third kappa shape index (κ3) is 4.34. The summed E-state index contributed by atoms with van der Waals surface area (Å²) < 4.78 is 11.4. The molecule has 1 N–H and O–H groups in total. The maximum atomic E-state index is 13.4. The van der Waals surface area contributed by atoms with Crippen molar-refractivity contribution in [1.82, 2.24) is 0 Å². The number of carbonyl (C=O) groups is 1. The average Bonchev–Trinajstić information content (AvgIpc) is 3.03. The van der Waals surface area contributed by atoms with Crippen molar-refractivity contribution in [3.8, 4) is 11.5 Å². The first-order chi connectivity index (χ1) is 14.9. The SMILES string of the molecule is Cc1cccc(N2C(=O)/C(=C/c3ccc4c(c3)OCC(CO)O4)S/C2=N\C(C)C)c1C. The molecule has 2 heterocycles. The highest BCUT2D eigenvalue weighted by atomic mass is 32.2. The van der Waals surface area contributed by atoms with Crippen LogP contribution in [0.15, 0.2) is 46.3 Å². The second-order valence-corrected chi connectivity index (χ2v) is 8.92. The Labute approximate surface area is 186 Å². The lowest BCUT2D eigenvalue weighted by molar-refractivity contribution is -0.113. The zero-order valence-corrected chi connectivity index (χ0v) is 18.9. The number of thioether (sulfide) groups is 1. The van der Waals surface area contributed by atoms with Crippen LogP contribution in [0.25, 0.3) is 6.08 Å².